The Bertz CT molecular complexity index is 590. The molecule has 0 bridgehead atoms. The van der Waals surface area contributed by atoms with E-state index in [4.69, 9.17) is 11.6 Å². The maximum Gasteiger partial charge on any atom is 0.248 e. The van der Waals surface area contributed by atoms with Gasteiger partial charge < -0.3 is 0 Å². The van der Waals surface area contributed by atoms with Crippen LogP contribution in [0.3, 0.4) is 0 Å². The molecule has 1 aromatic rings. The van der Waals surface area contributed by atoms with Crippen molar-refractivity contribution in [2.75, 3.05) is 6.26 Å². The number of aromatic nitrogens is 2. The minimum Gasteiger partial charge on any atom is -0.223 e. The van der Waals surface area contributed by atoms with Gasteiger partial charge in [-0.15, -0.1) is 0 Å². The fourth-order valence-corrected chi connectivity index (χ4v) is 4.08. The largest absolute Gasteiger partial charge is 0.248 e. The van der Waals surface area contributed by atoms with Crippen molar-refractivity contribution in [2.45, 2.75) is 30.8 Å². The van der Waals surface area contributed by atoms with Crippen LogP contribution < -0.4 is 0 Å². The molecule has 2 unspecified atom stereocenters. The SMILES string of the molecule is CC1C[C@@H]2C(c3cc(Cl)nc(S(C)(=O)=O)n3)[C@@H]2C1. The van der Waals surface area contributed by atoms with Crippen molar-refractivity contribution in [3.8, 4) is 0 Å². The van der Waals surface area contributed by atoms with Crippen molar-refractivity contribution >= 4 is 21.4 Å². The third-order valence-corrected chi connectivity index (χ3v) is 5.09. The zero-order chi connectivity index (χ0) is 13.1. The predicted octanol–water partition coefficient (Wildman–Crippen LogP) is 2.29. The summed E-state index contributed by atoms with van der Waals surface area (Å²) in [6.45, 7) is 2.26. The summed E-state index contributed by atoms with van der Waals surface area (Å²) < 4.78 is 23.0. The molecule has 2 saturated carbocycles. The molecule has 0 aromatic carbocycles. The lowest BCUT2D eigenvalue weighted by Gasteiger charge is -2.09. The number of nitrogens with zero attached hydrogens (tertiary/aromatic N) is 2. The standard InChI is InChI=1S/C12H15ClN2O2S/c1-6-3-7-8(4-6)11(7)9-5-10(13)15-12(14-9)18(2,16)17/h5-8,11H,3-4H2,1-2H3/t6?,7-,8+,11?. The normalized spacial score (nSPS) is 34.4. The third-order valence-electron chi connectivity index (χ3n) is 4.05. The average molecular weight is 287 g/mol. The maximum atomic E-state index is 11.5. The molecule has 3 rings (SSSR count). The van der Waals surface area contributed by atoms with Crippen LogP contribution in [0, 0.1) is 17.8 Å². The van der Waals surface area contributed by atoms with Gasteiger partial charge in [-0.3, -0.25) is 0 Å². The first kappa shape index (κ1) is 12.4. The summed E-state index contributed by atoms with van der Waals surface area (Å²) in [7, 11) is -3.39. The molecule has 4 nitrogen and oxygen atoms in total. The van der Waals surface area contributed by atoms with Gasteiger partial charge in [0, 0.05) is 12.2 Å². The van der Waals surface area contributed by atoms with Crippen molar-refractivity contribution < 1.29 is 8.42 Å². The van der Waals surface area contributed by atoms with Gasteiger partial charge in [-0.25, -0.2) is 18.4 Å². The van der Waals surface area contributed by atoms with Gasteiger partial charge in [0.15, 0.2) is 0 Å². The summed E-state index contributed by atoms with van der Waals surface area (Å²) in [5.41, 5.74) is 0.803. The van der Waals surface area contributed by atoms with Gasteiger partial charge in [0.05, 0.1) is 5.69 Å². The Morgan fingerprint density at radius 3 is 2.44 bits per heavy atom. The first-order valence-electron chi connectivity index (χ1n) is 6.11. The number of sulfone groups is 1. The van der Waals surface area contributed by atoms with Gasteiger partial charge in [-0.05, 0) is 36.7 Å². The molecule has 0 aliphatic heterocycles. The van der Waals surface area contributed by atoms with Crippen molar-refractivity contribution in [1.82, 2.24) is 9.97 Å². The van der Waals surface area contributed by atoms with Gasteiger partial charge in [-0.1, -0.05) is 18.5 Å². The van der Waals surface area contributed by atoms with Crippen molar-refractivity contribution in [2.24, 2.45) is 17.8 Å². The second-order valence-corrected chi connectivity index (χ2v) is 7.90. The second kappa shape index (κ2) is 3.90. The second-order valence-electron chi connectivity index (χ2n) is 5.60. The lowest BCUT2D eigenvalue weighted by atomic mass is 10.0. The average Bonchev–Trinajstić information content (AvgIpc) is 2.75. The molecule has 2 aliphatic rings. The molecule has 18 heavy (non-hydrogen) atoms. The number of rotatable bonds is 2. The maximum absolute atomic E-state index is 11.5. The third kappa shape index (κ3) is 2.03. The Morgan fingerprint density at radius 2 is 1.89 bits per heavy atom. The zero-order valence-electron chi connectivity index (χ0n) is 10.3. The molecule has 1 aromatic heterocycles. The first-order valence-corrected chi connectivity index (χ1v) is 8.37. The first-order chi connectivity index (χ1) is 8.36. The van der Waals surface area contributed by atoms with Gasteiger partial charge in [0.25, 0.3) is 0 Å². The summed E-state index contributed by atoms with van der Waals surface area (Å²) in [5, 5.41) is 0.0708. The molecule has 0 N–H and O–H groups in total. The van der Waals surface area contributed by atoms with E-state index in [2.05, 4.69) is 16.9 Å². The van der Waals surface area contributed by atoms with Crippen molar-refractivity contribution in [3.63, 3.8) is 0 Å². The fraction of sp³-hybridized carbons (Fsp3) is 0.667. The van der Waals surface area contributed by atoms with E-state index >= 15 is 0 Å². The van der Waals surface area contributed by atoms with Crippen LogP contribution in [0.4, 0.5) is 0 Å². The van der Waals surface area contributed by atoms with E-state index in [1.165, 1.54) is 12.8 Å². The summed E-state index contributed by atoms with van der Waals surface area (Å²) in [6.07, 6.45) is 3.54. The Balaban J connectivity index is 1.93. The highest BCUT2D eigenvalue weighted by Crippen LogP contribution is 2.64. The predicted molar refractivity (Wildman–Crippen MR) is 68.3 cm³/mol. The van der Waals surface area contributed by atoms with Crippen LogP contribution in [0.25, 0.3) is 0 Å². The summed E-state index contributed by atoms with van der Waals surface area (Å²) in [5.74, 6) is 2.50. The monoisotopic (exact) mass is 286 g/mol. The molecule has 0 radical (unpaired) electrons. The van der Waals surface area contributed by atoms with E-state index in [0.29, 0.717) is 17.8 Å². The van der Waals surface area contributed by atoms with Crippen LogP contribution in [-0.4, -0.2) is 24.6 Å². The van der Waals surface area contributed by atoms with Crippen LogP contribution in [0.2, 0.25) is 5.15 Å². The lowest BCUT2D eigenvalue weighted by Crippen LogP contribution is -2.07. The minimum absolute atomic E-state index is 0.150. The van der Waals surface area contributed by atoms with Crippen LogP contribution in [0.1, 0.15) is 31.4 Å². The van der Waals surface area contributed by atoms with E-state index < -0.39 is 9.84 Å². The topological polar surface area (TPSA) is 59.9 Å². The number of halogens is 1. The van der Waals surface area contributed by atoms with Gasteiger partial charge in [-0.2, -0.15) is 0 Å². The summed E-state index contributed by atoms with van der Waals surface area (Å²) >= 11 is 5.90. The Kier molecular flexibility index (Phi) is 2.68. The highest BCUT2D eigenvalue weighted by Gasteiger charge is 2.56. The van der Waals surface area contributed by atoms with Crippen LogP contribution >= 0.6 is 11.6 Å². The minimum atomic E-state index is -3.39. The molecule has 1 heterocycles. The molecule has 0 saturated heterocycles. The molecule has 4 atom stereocenters. The molecule has 6 heteroatoms. The Hall–Kier alpha value is -0.680. The molecular weight excluding hydrogens is 272 g/mol. The fourth-order valence-electron chi connectivity index (χ4n) is 3.30. The van der Waals surface area contributed by atoms with Crippen LogP contribution in [-0.2, 0) is 9.84 Å². The highest BCUT2D eigenvalue weighted by molar-refractivity contribution is 7.90. The van der Waals surface area contributed by atoms with Gasteiger partial charge >= 0.3 is 0 Å². The molecule has 0 spiro atoms. The molecule has 0 amide bonds. The van der Waals surface area contributed by atoms with E-state index in [1.54, 1.807) is 6.07 Å². The van der Waals surface area contributed by atoms with E-state index in [1.807, 2.05) is 0 Å². The number of fused-ring (bicyclic) bond motifs is 1. The van der Waals surface area contributed by atoms with E-state index in [0.717, 1.165) is 17.9 Å². The quantitative estimate of drug-likeness (QED) is 0.618. The van der Waals surface area contributed by atoms with E-state index in [-0.39, 0.29) is 10.3 Å². The summed E-state index contributed by atoms with van der Waals surface area (Å²) in [4.78, 5) is 7.98. The zero-order valence-corrected chi connectivity index (χ0v) is 11.9. The van der Waals surface area contributed by atoms with Gasteiger partial charge in [0.2, 0.25) is 15.0 Å². The molecule has 2 aliphatic carbocycles. The summed E-state index contributed by atoms with van der Waals surface area (Å²) in [6, 6.07) is 1.71. The smallest absolute Gasteiger partial charge is 0.223 e. The van der Waals surface area contributed by atoms with Crippen LogP contribution in [0.5, 0.6) is 0 Å². The Labute approximate surface area is 112 Å². The van der Waals surface area contributed by atoms with Crippen molar-refractivity contribution in [3.05, 3.63) is 16.9 Å². The molecule has 98 valence electrons. The number of hydrogen-bond acceptors (Lipinski definition) is 4. The Morgan fingerprint density at radius 1 is 1.28 bits per heavy atom. The van der Waals surface area contributed by atoms with Crippen LogP contribution in [0.15, 0.2) is 11.2 Å². The molecule has 2 fully saturated rings. The van der Waals surface area contributed by atoms with Crippen molar-refractivity contribution in [1.29, 1.82) is 0 Å². The highest BCUT2D eigenvalue weighted by atomic mass is 35.5. The molecular formula is C12H15ClN2O2S. The van der Waals surface area contributed by atoms with E-state index in [9.17, 15) is 8.42 Å². The number of hydrogen-bond donors (Lipinski definition) is 0. The lowest BCUT2D eigenvalue weighted by molar-refractivity contribution is 0.508. The van der Waals surface area contributed by atoms with Gasteiger partial charge in [0.1, 0.15) is 5.15 Å².